The number of methoxy groups -OCH3 is 1. The largest absolute Gasteiger partial charge is 0.496 e. The highest BCUT2D eigenvalue weighted by Crippen LogP contribution is 2.37. The zero-order valence-electron chi connectivity index (χ0n) is 12.7. The Morgan fingerprint density at radius 3 is 2.91 bits per heavy atom. The third-order valence-corrected chi connectivity index (χ3v) is 4.40. The molecule has 1 atom stereocenters. The summed E-state index contributed by atoms with van der Waals surface area (Å²) in [5, 5.41) is 0.0175. The van der Waals surface area contributed by atoms with Gasteiger partial charge in [-0.05, 0) is 25.0 Å². The molecule has 2 heterocycles. The maximum absolute atomic E-state index is 12.8. The first-order valence-electron chi connectivity index (χ1n) is 7.44. The Balaban J connectivity index is 1.93. The van der Waals surface area contributed by atoms with Gasteiger partial charge in [0.25, 0.3) is 11.5 Å². The van der Waals surface area contributed by atoms with E-state index in [1.54, 1.807) is 7.11 Å². The summed E-state index contributed by atoms with van der Waals surface area (Å²) in [5.41, 5.74) is 0.985. The number of carbonyl (C=O) groups is 1. The Kier molecular flexibility index (Phi) is 4.39. The van der Waals surface area contributed by atoms with E-state index >= 15 is 0 Å². The number of carbonyl (C=O) groups excluding carboxylic acids is 1. The molecule has 1 amide bonds. The van der Waals surface area contributed by atoms with E-state index in [-0.39, 0.29) is 17.0 Å². The highest BCUT2D eigenvalue weighted by atomic mass is 35.5. The van der Waals surface area contributed by atoms with Crippen LogP contribution in [-0.4, -0.2) is 29.4 Å². The molecule has 1 N–H and O–H groups in total. The number of nitrogens with zero attached hydrogens (tertiary/aromatic N) is 1. The van der Waals surface area contributed by atoms with E-state index in [9.17, 15) is 9.59 Å². The standard InChI is InChI=1S/C17H17ClN2O3/c1-23-15-7-3-2-5-12(15)14-6-4-8-20(14)17(22)11-9-13(18)16(21)19-10-11/h2-3,5,7,9-10,14H,4,6,8H2,1H3,(H,19,21)/t14-/m1/s1. The minimum Gasteiger partial charge on any atom is -0.496 e. The van der Waals surface area contributed by atoms with Crippen LogP contribution in [0, 0.1) is 0 Å². The topological polar surface area (TPSA) is 62.4 Å². The van der Waals surface area contributed by atoms with E-state index in [1.165, 1.54) is 12.3 Å². The second-order valence-electron chi connectivity index (χ2n) is 5.46. The molecule has 6 heteroatoms. The lowest BCUT2D eigenvalue weighted by Crippen LogP contribution is -2.31. The van der Waals surface area contributed by atoms with Crippen LogP contribution in [0.5, 0.6) is 5.75 Å². The van der Waals surface area contributed by atoms with E-state index in [2.05, 4.69) is 4.98 Å². The molecule has 0 unspecified atom stereocenters. The van der Waals surface area contributed by atoms with E-state index in [1.807, 2.05) is 29.2 Å². The Labute approximate surface area is 138 Å². The molecule has 23 heavy (non-hydrogen) atoms. The number of pyridine rings is 1. The van der Waals surface area contributed by atoms with Crippen molar-refractivity contribution in [1.29, 1.82) is 0 Å². The maximum atomic E-state index is 12.8. The lowest BCUT2D eigenvalue weighted by molar-refractivity contribution is 0.0733. The first-order chi connectivity index (χ1) is 11.1. The van der Waals surface area contributed by atoms with Crippen molar-refractivity contribution < 1.29 is 9.53 Å². The van der Waals surface area contributed by atoms with Gasteiger partial charge in [0, 0.05) is 18.3 Å². The molecule has 0 aliphatic carbocycles. The summed E-state index contributed by atoms with van der Waals surface area (Å²) in [6.45, 7) is 0.665. The number of halogens is 1. The van der Waals surface area contributed by atoms with Crippen LogP contribution >= 0.6 is 11.6 Å². The quantitative estimate of drug-likeness (QED) is 0.939. The number of likely N-dealkylation sites (tertiary alicyclic amines) is 1. The average molecular weight is 333 g/mol. The first kappa shape index (κ1) is 15.6. The van der Waals surface area contributed by atoms with Gasteiger partial charge in [-0.2, -0.15) is 0 Å². The number of para-hydroxylation sites is 1. The minimum atomic E-state index is -0.397. The van der Waals surface area contributed by atoms with E-state index in [0.717, 1.165) is 24.2 Å². The van der Waals surface area contributed by atoms with Crippen molar-refractivity contribution in [2.45, 2.75) is 18.9 Å². The predicted molar refractivity (Wildman–Crippen MR) is 88.1 cm³/mol. The van der Waals surface area contributed by atoms with Gasteiger partial charge in [0.05, 0.1) is 18.7 Å². The molecule has 0 spiro atoms. The van der Waals surface area contributed by atoms with Gasteiger partial charge >= 0.3 is 0 Å². The van der Waals surface area contributed by atoms with Crippen LogP contribution in [0.3, 0.4) is 0 Å². The summed E-state index contributed by atoms with van der Waals surface area (Å²) in [5.74, 6) is 0.633. The molecule has 1 fully saturated rings. The lowest BCUT2D eigenvalue weighted by Gasteiger charge is -2.26. The SMILES string of the molecule is COc1ccccc1[C@H]1CCCN1C(=O)c1c[nH]c(=O)c(Cl)c1. The zero-order valence-corrected chi connectivity index (χ0v) is 13.5. The van der Waals surface area contributed by atoms with E-state index in [0.29, 0.717) is 12.1 Å². The Bertz CT molecular complexity index is 787. The Hall–Kier alpha value is -2.27. The van der Waals surface area contributed by atoms with Gasteiger partial charge in [-0.25, -0.2) is 0 Å². The van der Waals surface area contributed by atoms with E-state index in [4.69, 9.17) is 16.3 Å². The van der Waals surface area contributed by atoms with Crippen molar-refractivity contribution in [1.82, 2.24) is 9.88 Å². The van der Waals surface area contributed by atoms with Gasteiger partial charge < -0.3 is 14.6 Å². The van der Waals surface area contributed by atoms with Gasteiger partial charge in [0.15, 0.2) is 0 Å². The molecule has 5 nitrogen and oxygen atoms in total. The van der Waals surface area contributed by atoms with Crippen molar-refractivity contribution in [3.63, 3.8) is 0 Å². The number of amides is 1. The van der Waals surface area contributed by atoms with Crippen molar-refractivity contribution in [3.8, 4) is 5.75 Å². The summed E-state index contributed by atoms with van der Waals surface area (Å²) in [4.78, 5) is 28.5. The van der Waals surface area contributed by atoms with Crippen LogP contribution in [0.2, 0.25) is 5.02 Å². The Morgan fingerprint density at radius 2 is 2.17 bits per heavy atom. The number of hydrogen-bond donors (Lipinski definition) is 1. The predicted octanol–water partition coefficient (Wildman–Crippen LogP) is 3.01. The average Bonchev–Trinajstić information content (AvgIpc) is 3.06. The lowest BCUT2D eigenvalue weighted by atomic mass is 10.0. The van der Waals surface area contributed by atoms with Gasteiger partial charge in [0.1, 0.15) is 10.8 Å². The van der Waals surface area contributed by atoms with E-state index < -0.39 is 5.56 Å². The molecule has 1 aromatic carbocycles. The third-order valence-electron chi connectivity index (χ3n) is 4.12. The molecular formula is C17H17ClN2O3. The van der Waals surface area contributed by atoms with Crippen LogP contribution < -0.4 is 10.3 Å². The highest BCUT2D eigenvalue weighted by Gasteiger charge is 2.32. The molecule has 0 bridgehead atoms. The fraction of sp³-hybridized carbons (Fsp3) is 0.294. The number of aromatic amines is 1. The molecule has 0 saturated carbocycles. The first-order valence-corrected chi connectivity index (χ1v) is 7.81. The maximum Gasteiger partial charge on any atom is 0.266 e. The van der Waals surface area contributed by atoms with Crippen molar-refractivity contribution in [2.75, 3.05) is 13.7 Å². The molecule has 2 aromatic rings. The van der Waals surface area contributed by atoms with Crippen LogP contribution in [0.4, 0.5) is 0 Å². The second kappa shape index (κ2) is 6.46. The van der Waals surface area contributed by atoms with Crippen LogP contribution in [-0.2, 0) is 0 Å². The molecule has 1 aliphatic heterocycles. The number of H-pyrrole nitrogens is 1. The number of nitrogens with one attached hydrogen (secondary N) is 1. The molecular weight excluding hydrogens is 316 g/mol. The summed E-state index contributed by atoms with van der Waals surface area (Å²) in [7, 11) is 1.63. The van der Waals surface area contributed by atoms with Gasteiger partial charge in [-0.15, -0.1) is 0 Å². The van der Waals surface area contributed by atoms with Gasteiger partial charge in [0.2, 0.25) is 0 Å². The molecule has 1 aliphatic rings. The number of rotatable bonds is 3. The number of benzene rings is 1. The molecule has 1 aromatic heterocycles. The number of ether oxygens (including phenoxy) is 1. The second-order valence-corrected chi connectivity index (χ2v) is 5.87. The Morgan fingerprint density at radius 1 is 1.39 bits per heavy atom. The number of aromatic nitrogens is 1. The summed E-state index contributed by atoms with van der Waals surface area (Å²) < 4.78 is 5.42. The normalized spacial score (nSPS) is 17.3. The highest BCUT2D eigenvalue weighted by molar-refractivity contribution is 6.30. The fourth-order valence-corrected chi connectivity index (χ4v) is 3.19. The minimum absolute atomic E-state index is 0.0175. The fourth-order valence-electron chi connectivity index (χ4n) is 3.02. The molecule has 1 saturated heterocycles. The van der Waals surface area contributed by atoms with Crippen molar-refractivity contribution >= 4 is 17.5 Å². The van der Waals surface area contributed by atoms with Crippen LogP contribution in [0.1, 0.15) is 34.8 Å². The third kappa shape index (κ3) is 2.97. The molecule has 120 valence electrons. The van der Waals surface area contributed by atoms with Crippen LogP contribution in [0.25, 0.3) is 0 Å². The van der Waals surface area contributed by atoms with Crippen LogP contribution in [0.15, 0.2) is 41.3 Å². The van der Waals surface area contributed by atoms with Gasteiger partial charge in [-0.3, -0.25) is 9.59 Å². The van der Waals surface area contributed by atoms with Crippen molar-refractivity contribution in [2.24, 2.45) is 0 Å². The summed E-state index contributed by atoms with van der Waals surface area (Å²) in [6, 6.07) is 9.10. The summed E-state index contributed by atoms with van der Waals surface area (Å²) in [6.07, 6.45) is 3.21. The zero-order chi connectivity index (χ0) is 16.4. The van der Waals surface area contributed by atoms with Crippen molar-refractivity contribution in [3.05, 3.63) is 63.0 Å². The smallest absolute Gasteiger partial charge is 0.266 e. The summed E-state index contributed by atoms with van der Waals surface area (Å²) >= 11 is 5.83. The monoisotopic (exact) mass is 332 g/mol. The molecule has 0 radical (unpaired) electrons. The van der Waals surface area contributed by atoms with Gasteiger partial charge in [-0.1, -0.05) is 29.8 Å². The molecule has 3 rings (SSSR count). The number of hydrogen-bond acceptors (Lipinski definition) is 3.